The Labute approximate surface area is 142 Å². The molecular formula is C16H24FN3O3S. The molecule has 1 aromatic carbocycles. The van der Waals surface area contributed by atoms with Crippen molar-refractivity contribution in [2.75, 3.05) is 43.3 Å². The minimum atomic E-state index is -3.72. The van der Waals surface area contributed by atoms with Crippen molar-refractivity contribution in [1.82, 2.24) is 9.80 Å². The van der Waals surface area contributed by atoms with E-state index in [4.69, 9.17) is 0 Å². The van der Waals surface area contributed by atoms with Crippen LogP contribution in [0.3, 0.4) is 0 Å². The topological polar surface area (TPSA) is 60.9 Å². The van der Waals surface area contributed by atoms with Crippen LogP contribution < -0.4 is 4.31 Å². The fraction of sp³-hybridized carbons (Fsp3) is 0.562. The molecule has 1 aromatic rings. The Morgan fingerprint density at radius 2 is 1.92 bits per heavy atom. The van der Waals surface area contributed by atoms with Crippen molar-refractivity contribution in [3.8, 4) is 0 Å². The van der Waals surface area contributed by atoms with Gasteiger partial charge in [0.25, 0.3) is 0 Å². The van der Waals surface area contributed by atoms with E-state index in [-0.39, 0.29) is 11.6 Å². The van der Waals surface area contributed by atoms with Gasteiger partial charge >= 0.3 is 0 Å². The Morgan fingerprint density at radius 3 is 2.42 bits per heavy atom. The van der Waals surface area contributed by atoms with E-state index in [1.165, 1.54) is 18.2 Å². The maximum absolute atomic E-state index is 13.5. The lowest BCUT2D eigenvalue weighted by molar-refractivity contribution is -0.133. The Balaban J connectivity index is 2.22. The number of anilines is 1. The minimum Gasteiger partial charge on any atom is -0.338 e. The van der Waals surface area contributed by atoms with Gasteiger partial charge in [-0.25, -0.2) is 12.8 Å². The van der Waals surface area contributed by atoms with Crippen molar-refractivity contribution in [3.63, 3.8) is 0 Å². The molecule has 134 valence electrons. The Bertz CT molecular complexity index is 688. The number of nitrogens with zero attached hydrogens (tertiary/aromatic N) is 3. The van der Waals surface area contributed by atoms with Crippen LogP contribution in [0.4, 0.5) is 10.1 Å². The van der Waals surface area contributed by atoms with Crippen LogP contribution in [0.25, 0.3) is 0 Å². The second-order valence-electron chi connectivity index (χ2n) is 5.97. The lowest BCUT2D eigenvalue weighted by Crippen LogP contribution is -2.55. The first-order valence-electron chi connectivity index (χ1n) is 8.00. The van der Waals surface area contributed by atoms with E-state index in [9.17, 15) is 17.6 Å². The number of carbonyl (C=O) groups excluding carboxylic acids is 1. The molecule has 0 N–H and O–H groups in total. The van der Waals surface area contributed by atoms with E-state index in [1.807, 2.05) is 0 Å². The van der Waals surface area contributed by atoms with Crippen molar-refractivity contribution in [1.29, 1.82) is 0 Å². The van der Waals surface area contributed by atoms with Gasteiger partial charge < -0.3 is 9.80 Å². The molecule has 2 rings (SSSR count). The molecule has 0 aromatic heterocycles. The van der Waals surface area contributed by atoms with Crippen molar-refractivity contribution < 1.29 is 17.6 Å². The molecule has 1 unspecified atom stereocenters. The Morgan fingerprint density at radius 1 is 1.29 bits per heavy atom. The van der Waals surface area contributed by atoms with Crippen LogP contribution in [-0.4, -0.2) is 69.1 Å². The summed E-state index contributed by atoms with van der Waals surface area (Å²) in [7, 11) is -3.72. The highest BCUT2D eigenvalue weighted by molar-refractivity contribution is 7.92. The van der Waals surface area contributed by atoms with E-state index in [2.05, 4.69) is 11.8 Å². The van der Waals surface area contributed by atoms with Gasteiger partial charge in [0.15, 0.2) is 0 Å². The van der Waals surface area contributed by atoms with Gasteiger partial charge in [0, 0.05) is 26.2 Å². The molecule has 1 aliphatic rings. The molecule has 1 saturated heterocycles. The monoisotopic (exact) mass is 357 g/mol. The highest BCUT2D eigenvalue weighted by Gasteiger charge is 2.33. The summed E-state index contributed by atoms with van der Waals surface area (Å²) in [6.07, 6.45) is 1.02. The molecule has 0 aliphatic carbocycles. The Hall–Kier alpha value is -1.67. The number of piperazine rings is 1. The number of hydrogen-bond acceptors (Lipinski definition) is 4. The molecule has 8 heteroatoms. The third-order valence-electron chi connectivity index (χ3n) is 4.26. The zero-order chi connectivity index (χ0) is 17.9. The van der Waals surface area contributed by atoms with E-state index in [1.54, 1.807) is 11.8 Å². The number of hydrogen-bond donors (Lipinski definition) is 0. The predicted molar refractivity (Wildman–Crippen MR) is 91.9 cm³/mol. The predicted octanol–water partition coefficient (Wildman–Crippen LogP) is 1.14. The van der Waals surface area contributed by atoms with Gasteiger partial charge in [-0.3, -0.25) is 9.10 Å². The van der Waals surface area contributed by atoms with Crippen molar-refractivity contribution in [2.24, 2.45) is 0 Å². The summed E-state index contributed by atoms with van der Waals surface area (Å²) < 4.78 is 38.9. The van der Waals surface area contributed by atoms with Crippen molar-refractivity contribution >= 4 is 21.6 Å². The second kappa shape index (κ2) is 7.48. The number of rotatable bonds is 5. The van der Waals surface area contributed by atoms with Crippen molar-refractivity contribution in [3.05, 3.63) is 30.1 Å². The van der Waals surface area contributed by atoms with Crippen LogP contribution in [0.2, 0.25) is 0 Å². The average Bonchev–Trinajstić information content (AvgIpc) is 2.53. The van der Waals surface area contributed by atoms with Gasteiger partial charge in [-0.1, -0.05) is 13.0 Å². The van der Waals surface area contributed by atoms with E-state index in [0.29, 0.717) is 13.1 Å². The molecule has 1 heterocycles. The summed E-state index contributed by atoms with van der Waals surface area (Å²) in [6, 6.07) is 4.36. The van der Waals surface area contributed by atoms with Crippen LogP contribution in [0.15, 0.2) is 24.3 Å². The SMILES string of the molecule is CCN1CCN(C(=O)C(C)N(c2cccc(F)c2)S(C)(=O)=O)CC1. The van der Waals surface area contributed by atoms with Gasteiger partial charge in [-0.05, 0) is 31.7 Å². The van der Waals surface area contributed by atoms with Gasteiger partial charge in [-0.15, -0.1) is 0 Å². The molecule has 0 saturated carbocycles. The summed E-state index contributed by atoms with van der Waals surface area (Å²) in [6.45, 7) is 7.21. The molecule has 1 aliphatic heterocycles. The maximum Gasteiger partial charge on any atom is 0.246 e. The maximum atomic E-state index is 13.5. The summed E-state index contributed by atoms with van der Waals surface area (Å²) in [5, 5.41) is 0. The molecule has 0 bridgehead atoms. The molecule has 1 fully saturated rings. The number of halogens is 1. The molecule has 1 amide bonds. The number of benzene rings is 1. The van der Waals surface area contributed by atoms with Gasteiger partial charge in [0.1, 0.15) is 11.9 Å². The van der Waals surface area contributed by atoms with Crippen LogP contribution in [0.5, 0.6) is 0 Å². The molecule has 1 atom stereocenters. The highest BCUT2D eigenvalue weighted by Crippen LogP contribution is 2.22. The van der Waals surface area contributed by atoms with Crippen LogP contribution in [-0.2, 0) is 14.8 Å². The van der Waals surface area contributed by atoms with Gasteiger partial charge in [-0.2, -0.15) is 0 Å². The molecule has 6 nitrogen and oxygen atoms in total. The zero-order valence-electron chi connectivity index (χ0n) is 14.3. The summed E-state index contributed by atoms with van der Waals surface area (Å²) in [4.78, 5) is 16.7. The zero-order valence-corrected chi connectivity index (χ0v) is 15.1. The van der Waals surface area contributed by atoms with Crippen molar-refractivity contribution in [2.45, 2.75) is 19.9 Å². The lowest BCUT2D eigenvalue weighted by Gasteiger charge is -2.37. The first kappa shape index (κ1) is 18.7. The summed E-state index contributed by atoms with van der Waals surface area (Å²) in [5.74, 6) is -0.808. The van der Waals surface area contributed by atoms with Crippen LogP contribution in [0, 0.1) is 5.82 Å². The third kappa shape index (κ3) is 4.24. The normalized spacial score (nSPS) is 17.6. The second-order valence-corrected chi connectivity index (χ2v) is 7.83. The molecule has 0 spiro atoms. The van der Waals surface area contributed by atoms with Crippen LogP contribution >= 0.6 is 0 Å². The number of carbonyl (C=O) groups is 1. The Kier molecular flexibility index (Phi) is 5.82. The first-order valence-corrected chi connectivity index (χ1v) is 9.85. The third-order valence-corrected chi connectivity index (χ3v) is 5.50. The standard InChI is InChI=1S/C16H24FN3O3S/c1-4-18-8-10-19(11-9-18)16(21)13(2)20(24(3,22)23)15-7-5-6-14(17)12-15/h5-7,12-13H,4,8-11H2,1-3H3. The number of likely N-dealkylation sites (N-methyl/N-ethyl adjacent to an activating group) is 1. The smallest absolute Gasteiger partial charge is 0.246 e. The molecule has 24 heavy (non-hydrogen) atoms. The fourth-order valence-corrected chi connectivity index (χ4v) is 4.13. The van der Waals surface area contributed by atoms with Gasteiger partial charge in [0.2, 0.25) is 15.9 Å². The average molecular weight is 357 g/mol. The van der Waals surface area contributed by atoms with E-state index in [0.717, 1.165) is 36.3 Å². The summed E-state index contributed by atoms with van der Waals surface area (Å²) in [5.41, 5.74) is 0.158. The van der Waals surface area contributed by atoms with Crippen LogP contribution in [0.1, 0.15) is 13.8 Å². The first-order chi connectivity index (χ1) is 11.2. The number of sulfonamides is 1. The largest absolute Gasteiger partial charge is 0.338 e. The quantitative estimate of drug-likeness (QED) is 0.793. The lowest BCUT2D eigenvalue weighted by atomic mass is 10.2. The summed E-state index contributed by atoms with van der Waals surface area (Å²) >= 11 is 0. The highest BCUT2D eigenvalue weighted by atomic mass is 32.2. The molecule has 0 radical (unpaired) electrons. The van der Waals surface area contributed by atoms with Gasteiger partial charge in [0.05, 0.1) is 11.9 Å². The fourth-order valence-electron chi connectivity index (χ4n) is 2.96. The van der Waals surface area contributed by atoms with E-state index < -0.39 is 21.9 Å². The molecular weight excluding hydrogens is 333 g/mol. The number of amides is 1. The minimum absolute atomic E-state index is 0.158. The van der Waals surface area contributed by atoms with E-state index >= 15 is 0 Å².